The van der Waals surface area contributed by atoms with Crippen LogP contribution < -0.4 is 0 Å². The van der Waals surface area contributed by atoms with E-state index < -0.39 is 0 Å². The lowest BCUT2D eigenvalue weighted by atomic mass is 10.0. The highest BCUT2D eigenvalue weighted by Gasteiger charge is 2.05. The first kappa shape index (κ1) is 9.78. The number of aromatic hydroxyl groups is 1. The van der Waals surface area contributed by atoms with Crippen LogP contribution in [0.25, 0.3) is 22.0 Å². The van der Waals surface area contributed by atoms with Gasteiger partial charge in [-0.15, -0.1) is 0 Å². The van der Waals surface area contributed by atoms with E-state index in [-0.39, 0.29) is 5.75 Å². The third kappa shape index (κ3) is 1.72. The summed E-state index contributed by atoms with van der Waals surface area (Å²) in [5, 5.41) is 10.8. The summed E-state index contributed by atoms with van der Waals surface area (Å²) in [6, 6.07) is 13.6. The third-order valence-electron chi connectivity index (χ3n) is 2.69. The quantitative estimate of drug-likeness (QED) is 0.688. The van der Waals surface area contributed by atoms with E-state index in [0.29, 0.717) is 5.52 Å². The first-order valence-electron chi connectivity index (χ1n) is 5.33. The summed E-state index contributed by atoms with van der Waals surface area (Å²) in [7, 11) is 0. The number of phenols is 1. The lowest BCUT2D eigenvalue weighted by Crippen LogP contribution is -1.84. The van der Waals surface area contributed by atoms with Crippen LogP contribution in [0.1, 0.15) is 0 Å². The van der Waals surface area contributed by atoms with Crippen LogP contribution in [0.15, 0.2) is 55.0 Å². The fraction of sp³-hybridized carbons (Fsp3) is 0. The predicted molar refractivity (Wildman–Crippen MR) is 66.6 cm³/mol. The van der Waals surface area contributed by atoms with Gasteiger partial charge in [0, 0.05) is 11.6 Å². The van der Waals surface area contributed by atoms with Crippen molar-refractivity contribution in [2.75, 3.05) is 0 Å². The molecule has 3 rings (SSSR count). The van der Waals surface area contributed by atoms with Crippen molar-refractivity contribution in [1.29, 1.82) is 0 Å². The Bertz CT molecular complexity index is 665. The van der Waals surface area contributed by atoms with E-state index in [0.717, 1.165) is 16.5 Å². The zero-order valence-corrected chi connectivity index (χ0v) is 9.04. The maximum Gasteiger partial charge on any atom is 0.142 e. The van der Waals surface area contributed by atoms with E-state index in [1.54, 1.807) is 12.3 Å². The van der Waals surface area contributed by atoms with Gasteiger partial charge < -0.3 is 5.11 Å². The molecule has 0 spiro atoms. The minimum Gasteiger partial charge on any atom is -0.506 e. The van der Waals surface area contributed by atoms with Crippen molar-refractivity contribution >= 4 is 10.9 Å². The molecule has 1 N–H and O–H groups in total. The van der Waals surface area contributed by atoms with Crippen LogP contribution in [0.3, 0.4) is 0 Å². The lowest BCUT2D eigenvalue weighted by molar-refractivity contribution is 0.480. The minimum atomic E-state index is 0.184. The Morgan fingerprint density at radius 2 is 1.76 bits per heavy atom. The van der Waals surface area contributed by atoms with Gasteiger partial charge in [-0.05, 0) is 23.3 Å². The number of phenolic OH excluding ortho intramolecular Hbond substituents is 1. The first-order chi connectivity index (χ1) is 8.34. The number of aromatic nitrogens is 2. The third-order valence-corrected chi connectivity index (χ3v) is 2.69. The second kappa shape index (κ2) is 3.87. The standard InChI is InChI=1S/C14H10N2O/c17-13-7-11(10-4-2-1-3-5-10)6-12-8-15-9-16-14(12)13/h1-9,17H. The maximum atomic E-state index is 9.92. The Hall–Kier alpha value is -2.42. The number of benzene rings is 2. The summed E-state index contributed by atoms with van der Waals surface area (Å²) in [4.78, 5) is 8.02. The molecular formula is C14H10N2O. The van der Waals surface area contributed by atoms with E-state index in [9.17, 15) is 5.11 Å². The van der Waals surface area contributed by atoms with Crippen LogP contribution in [0.4, 0.5) is 0 Å². The summed E-state index contributed by atoms with van der Waals surface area (Å²) in [5.74, 6) is 0.184. The van der Waals surface area contributed by atoms with Gasteiger partial charge in [0.2, 0.25) is 0 Å². The molecule has 0 aliphatic carbocycles. The molecule has 17 heavy (non-hydrogen) atoms. The zero-order chi connectivity index (χ0) is 11.7. The molecule has 0 bridgehead atoms. The molecule has 1 heterocycles. The smallest absolute Gasteiger partial charge is 0.142 e. The maximum absolute atomic E-state index is 9.92. The van der Waals surface area contributed by atoms with Gasteiger partial charge >= 0.3 is 0 Å². The van der Waals surface area contributed by atoms with Gasteiger partial charge in [0.15, 0.2) is 0 Å². The van der Waals surface area contributed by atoms with Crippen LogP contribution in [0, 0.1) is 0 Å². The monoisotopic (exact) mass is 222 g/mol. The molecule has 0 amide bonds. The molecule has 0 radical (unpaired) electrons. The average molecular weight is 222 g/mol. The first-order valence-corrected chi connectivity index (χ1v) is 5.33. The van der Waals surface area contributed by atoms with E-state index in [2.05, 4.69) is 9.97 Å². The number of hydrogen-bond donors (Lipinski definition) is 1. The Morgan fingerprint density at radius 3 is 2.59 bits per heavy atom. The normalized spacial score (nSPS) is 10.6. The van der Waals surface area contributed by atoms with Crippen molar-refractivity contribution in [2.24, 2.45) is 0 Å². The van der Waals surface area contributed by atoms with Crippen molar-refractivity contribution in [3.8, 4) is 16.9 Å². The van der Waals surface area contributed by atoms with Gasteiger partial charge in [-0.2, -0.15) is 0 Å². The van der Waals surface area contributed by atoms with Gasteiger partial charge in [-0.1, -0.05) is 30.3 Å². The minimum absolute atomic E-state index is 0.184. The number of rotatable bonds is 1. The second-order valence-corrected chi connectivity index (χ2v) is 3.82. The second-order valence-electron chi connectivity index (χ2n) is 3.82. The molecule has 0 saturated carbocycles. The molecule has 3 nitrogen and oxygen atoms in total. The molecule has 0 aliphatic heterocycles. The molecule has 0 unspecified atom stereocenters. The van der Waals surface area contributed by atoms with E-state index in [4.69, 9.17) is 0 Å². The van der Waals surface area contributed by atoms with Gasteiger partial charge in [0.05, 0.1) is 0 Å². The Kier molecular flexibility index (Phi) is 2.22. The SMILES string of the molecule is Oc1cc(-c2ccccc2)cc2cncnc12. The van der Waals surface area contributed by atoms with Gasteiger partial charge in [-0.3, -0.25) is 0 Å². The summed E-state index contributed by atoms with van der Waals surface area (Å²) in [5.41, 5.74) is 2.61. The Balaban J connectivity index is 2.26. The molecule has 1 aromatic heterocycles. The summed E-state index contributed by atoms with van der Waals surface area (Å²) < 4.78 is 0. The van der Waals surface area contributed by atoms with Crippen molar-refractivity contribution in [3.05, 3.63) is 55.0 Å². The van der Waals surface area contributed by atoms with Crippen LogP contribution in [0.5, 0.6) is 5.75 Å². The molecule has 3 heteroatoms. The van der Waals surface area contributed by atoms with Crippen LogP contribution >= 0.6 is 0 Å². The van der Waals surface area contributed by atoms with Crippen LogP contribution in [-0.2, 0) is 0 Å². The largest absolute Gasteiger partial charge is 0.506 e. The molecule has 0 aliphatic rings. The number of fused-ring (bicyclic) bond motifs is 1. The molecule has 2 aromatic carbocycles. The Morgan fingerprint density at radius 1 is 0.941 bits per heavy atom. The summed E-state index contributed by atoms with van der Waals surface area (Å²) >= 11 is 0. The topological polar surface area (TPSA) is 46.0 Å². The van der Waals surface area contributed by atoms with Crippen molar-refractivity contribution < 1.29 is 5.11 Å². The van der Waals surface area contributed by atoms with Gasteiger partial charge in [0.25, 0.3) is 0 Å². The van der Waals surface area contributed by atoms with Crippen LogP contribution in [-0.4, -0.2) is 15.1 Å². The fourth-order valence-corrected chi connectivity index (χ4v) is 1.88. The molecule has 3 aromatic rings. The highest BCUT2D eigenvalue weighted by Crippen LogP contribution is 2.29. The van der Waals surface area contributed by atoms with Gasteiger partial charge in [0.1, 0.15) is 17.6 Å². The van der Waals surface area contributed by atoms with Crippen LogP contribution in [0.2, 0.25) is 0 Å². The molecule has 0 atom stereocenters. The average Bonchev–Trinajstić information content (AvgIpc) is 2.40. The number of hydrogen-bond acceptors (Lipinski definition) is 3. The van der Waals surface area contributed by atoms with E-state index >= 15 is 0 Å². The summed E-state index contributed by atoms with van der Waals surface area (Å²) in [6.45, 7) is 0. The van der Waals surface area contributed by atoms with E-state index in [1.165, 1.54) is 6.33 Å². The van der Waals surface area contributed by atoms with Crippen molar-refractivity contribution in [1.82, 2.24) is 9.97 Å². The summed E-state index contributed by atoms with van der Waals surface area (Å²) in [6.07, 6.45) is 3.14. The predicted octanol–water partition coefficient (Wildman–Crippen LogP) is 3.00. The Labute approximate surface area is 98.4 Å². The number of nitrogens with zero attached hydrogens (tertiary/aromatic N) is 2. The molecular weight excluding hydrogens is 212 g/mol. The van der Waals surface area contributed by atoms with Crippen molar-refractivity contribution in [2.45, 2.75) is 0 Å². The zero-order valence-electron chi connectivity index (χ0n) is 9.04. The van der Waals surface area contributed by atoms with Gasteiger partial charge in [-0.25, -0.2) is 9.97 Å². The molecule has 0 saturated heterocycles. The highest BCUT2D eigenvalue weighted by atomic mass is 16.3. The molecule has 82 valence electrons. The van der Waals surface area contributed by atoms with Crippen molar-refractivity contribution in [3.63, 3.8) is 0 Å². The lowest BCUT2D eigenvalue weighted by Gasteiger charge is -2.05. The fourth-order valence-electron chi connectivity index (χ4n) is 1.88. The van der Waals surface area contributed by atoms with E-state index in [1.807, 2.05) is 36.4 Å². The molecule has 0 fully saturated rings. The highest BCUT2D eigenvalue weighted by molar-refractivity contribution is 5.88.